The molecule has 2 atom stereocenters. The molecule has 1 N–H and O–H groups in total. The Kier molecular flexibility index (Phi) is 4.14. The second kappa shape index (κ2) is 6.30. The van der Waals surface area contributed by atoms with Crippen LogP contribution in [0.25, 0.3) is 10.6 Å². The fourth-order valence-electron chi connectivity index (χ4n) is 3.96. The molecule has 2 saturated carbocycles. The molecular formula is C19H22N2O2S. The number of rotatable bonds is 5. The number of carbonyl (C=O) groups is 1. The van der Waals surface area contributed by atoms with Gasteiger partial charge in [0.1, 0.15) is 10.7 Å². The number of nitrogens with one attached hydrogen (secondary N) is 1. The molecule has 0 radical (unpaired) electrons. The summed E-state index contributed by atoms with van der Waals surface area (Å²) >= 11 is 1.52. The van der Waals surface area contributed by atoms with Gasteiger partial charge in [0.25, 0.3) is 5.91 Å². The van der Waals surface area contributed by atoms with Gasteiger partial charge in [-0.05, 0) is 26.2 Å². The van der Waals surface area contributed by atoms with Crippen LogP contribution in [0.1, 0.15) is 43.1 Å². The number of carbonyl (C=O) groups excluding carboxylic acids is 1. The normalized spacial score (nSPS) is 24.2. The van der Waals surface area contributed by atoms with Crippen molar-refractivity contribution >= 4 is 17.2 Å². The first-order valence-corrected chi connectivity index (χ1v) is 9.54. The van der Waals surface area contributed by atoms with Gasteiger partial charge in [0.15, 0.2) is 0 Å². The molecule has 4 nitrogen and oxygen atoms in total. The third-order valence-electron chi connectivity index (χ3n) is 5.50. The monoisotopic (exact) mass is 342 g/mol. The average Bonchev–Trinajstić information content (AvgIpc) is 3.03. The van der Waals surface area contributed by atoms with E-state index in [1.54, 1.807) is 0 Å². The number of hydrogen-bond acceptors (Lipinski definition) is 4. The first-order chi connectivity index (χ1) is 11.7. The van der Waals surface area contributed by atoms with Crippen molar-refractivity contribution in [2.24, 2.45) is 5.41 Å². The Balaban J connectivity index is 1.43. The van der Waals surface area contributed by atoms with E-state index >= 15 is 0 Å². The zero-order valence-electron chi connectivity index (χ0n) is 13.8. The van der Waals surface area contributed by atoms with Crippen molar-refractivity contribution in [1.82, 2.24) is 10.3 Å². The molecule has 2 unspecified atom stereocenters. The number of aromatic nitrogens is 1. The summed E-state index contributed by atoms with van der Waals surface area (Å²) in [4.78, 5) is 17.1. The summed E-state index contributed by atoms with van der Waals surface area (Å²) in [5, 5.41) is 5.94. The average molecular weight is 342 g/mol. The maximum absolute atomic E-state index is 12.6. The highest BCUT2D eigenvalue weighted by Gasteiger charge is 2.59. The molecule has 1 aromatic heterocycles. The van der Waals surface area contributed by atoms with E-state index in [0.29, 0.717) is 11.8 Å². The van der Waals surface area contributed by atoms with Gasteiger partial charge in [-0.1, -0.05) is 36.8 Å². The van der Waals surface area contributed by atoms with E-state index in [-0.39, 0.29) is 17.4 Å². The van der Waals surface area contributed by atoms with Crippen molar-refractivity contribution in [3.8, 4) is 10.6 Å². The van der Waals surface area contributed by atoms with E-state index in [9.17, 15) is 4.79 Å². The lowest BCUT2D eigenvalue weighted by Crippen LogP contribution is -2.67. The fourth-order valence-corrected chi connectivity index (χ4v) is 4.77. The summed E-state index contributed by atoms with van der Waals surface area (Å²) in [7, 11) is 0. The van der Waals surface area contributed by atoms with Crippen LogP contribution >= 0.6 is 11.3 Å². The van der Waals surface area contributed by atoms with Crippen LogP contribution in [0.4, 0.5) is 0 Å². The molecule has 2 aromatic rings. The van der Waals surface area contributed by atoms with Crippen molar-refractivity contribution in [2.75, 3.05) is 6.61 Å². The lowest BCUT2D eigenvalue weighted by Gasteiger charge is -2.60. The van der Waals surface area contributed by atoms with Crippen LogP contribution in [0.15, 0.2) is 35.7 Å². The second-order valence-corrected chi connectivity index (χ2v) is 7.55. The van der Waals surface area contributed by atoms with Gasteiger partial charge >= 0.3 is 0 Å². The third-order valence-corrected chi connectivity index (χ3v) is 6.39. The van der Waals surface area contributed by atoms with Crippen molar-refractivity contribution < 1.29 is 9.53 Å². The SMILES string of the molecule is CCOC1CC(NC(=O)c2csc(-c3ccccc3)n2)C12CCC2. The first-order valence-electron chi connectivity index (χ1n) is 8.66. The summed E-state index contributed by atoms with van der Waals surface area (Å²) in [5.41, 5.74) is 1.76. The van der Waals surface area contributed by atoms with E-state index < -0.39 is 0 Å². The predicted molar refractivity (Wildman–Crippen MR) is 95.1 cm³/mol. The molecule has 126 valence electrons. The summed E-state index contributed by atoms with van der Waals surface area (Å²) in [5.74, 6) is -0.0559. The molecule has 1 amide bonds. The van der Waals surface area contributed by atoms with Gasteiger partial charge in [-0.3, -0.25) is 4.79 Å². The Morgan fingerprint density at radius 2 is 2.17 bits per heavy atom. The molecule has 1 aromatic carbocycles. The molecule has 0 aliphatic heterocycles. The number of thiazole rings is 1. The minimum atomic E-state index is -0.0559. The lowest BCUT2D eigenvalue weighted by molar-refractivity contribution is -0.169. The van der Waals surface area contributed by atoms with Gasteiger partial charge in [-0.2, -0.15) is 0 Å². The van der Waals surface area contributed by atoms with Gasteiger partial charge in [0.2, 0.25) is 0 Å². The number of amides is 1. The summed E-state index contributed by atoms with van der Waals surface area (Å²) in [6.07, 6.45) is 4.81. The maximum atomic E-state index is 12.6. The standard InChI is InChI=1S/C19H22N2O2S/c1-2-23-16-11-15(19(16)9-6-10-19)21-17(22)14-12-24-18(20-14)13-7-4-3-5-8-13/h3-5,7-8,12,15-16H,2,6,9-11H2,1H3,(H,21,22). The fraction of sp³-hybridized carbons (Fsp3) is 0.474. The Morgan fingerprint density at radius 3 is 2.83 bits per heavy atom. The van der Waals surface area contributed by atoms with E-state index in [4.69, 9.17) is 4.74 Å². The molecular weight excluding hydrogens is 320 g/mol. The third kappa shape index (κ3) is 2.56. The van der Waals surface area contributed by atoms with Crippen LogP contribution < -0.4 is 5.32 Å². The molecule has 1 spiro atoms. The van der Waals surface area contributed by atoms with Crippen LogP contribution in [-0.4, -0.2) is 29.6 Å². The molecule has 1 heterocycles. The zero-order valence-corrected chi connectivity index (χ0v) is 14.6. The highest BCUT2D eigenvalue weighted by atomic mass is 32.1. The second-order valence-electron chi connectivity index (χ2n) is 6.70. The van der Waals surface area contributed by atoms with Crippen molar-refractivity contribution in [3.63, 3.8) is 0 Å². The van der Waals surface area contributed by atoms with Crippen LogP contribution in [0.5, 0.6) is 0 Å². The van der Waals surface area contributed by atoms with E-state index in [0.717, 1.165) is 36.4 Å². The van der Waals surface area contributed by atoms with Gasteiger partial charge in [-0.15, -0.1) is 11.3 Å². The minimum absolute atomic E-state index is 0.0559. The summed E-state index contributed by atoms with van der Waals surface area (Å²) < 4.78 is 5.85. The Morgan fingerprint density at radius 1 is 1.38 bits per heavy atom. The van der Waals surface area contributed by atoms with Gasteiger partial charge < -0.3 is 10.1 Å². The Labute approximate surface area is 146 Å². The smallest absolute Gasteiger partial charge is 0.271 e. The van der Waals surface area contributed by atoms with Crippen molar-refractivity contribution in [2.45, 2.75) is 44.8 Å². The number of nitrogens with zero attached hydrogens (tertiary/aromatic N) is 1. The molecule has 24 heavy (non-hydrogen) atoms. The van der Waals surface area contributed by atoms with Crippen LogP contribution in [0, 0.1) is 5.41 Å². The largest absolute Gasteiger partial charge is 0.378 e. The highest BCUT2D eigenvalue weighted by molar-refractivity contribution is 7.13. The molecule has 2 aliphatic rings. The molecule has 0 bridgehead atoms. The Bertz CT molecular complexity index is 724. The lowest BCUT2D eigenvalue weighted by atomic mass is 9.51. The van der Waals surface area contributed by atoms with E-state index in [2.05, 4.69) is 10.3 Å². The molecule has 4 rings (SSSR count). The number of ether oxygens (including phenoxy) is 1. The van der Waals surface area contributed by atoms with Crippen LogP contribution in [-0.2, 0) is 4.74 Å². The summed E-state index contributed by atoms with van der Waals surface area (Å²) in [6, 6.07) is 10.2. The molecule has 2 fully saturated rings. The zero-order chi connectivity index (χ0) is 16.6. The van der Waals surface area contributed by atoms with Crippen LogP contribution in [0.3, 0.4) is 0 Å². The van der Waals surface area contributed by atoms with Gasteiger partial charge in [0, 0.05) is 29.0 Å². The number of hydrogen-bond donors (Lipinski definition) is 1. The quantitative estimate of drug-likeness (QED) is 0.897. The topological polar surface area (TPSA) is 51.2 Å². The van der Waals surface area contributed by atoms with Gasteiger partial charge in [-0.25, -0.2) is 4.98 Å². The van der Waals surface area contributed by atoms with E-state index in [1.807, 2.05) is 42.6 Å². The maximum Gasteiger partial charge on any atom is 0.271 e. The first kappa shape index (κ1) is 15.8. The van der Waals surface area contributed by atoms with E-state index in [1.165, 1.54) is 17.8 Å². The molecule has 2 aliphatic carbocycles. The van der Waals surface area contributed by atoms with Crippen molar-refractivity contribution in [1.29, 1.82) is 0 Å². The number of benzene rings is 1. The molecule has 5 heteroatoms. The predicted octanol–water partition coefficient (Wildman–Crippen LogP) is 3.89. The van der Waals surface area contributed by atoms with Crippen molar-refractivity contribution in [3.05, 3.63) is 41.4 Å². The Hall–Kier alpha value is -1.72. The molecule has 0 saturated heterocycles. The minimum Gasteiger partial charge on any atom is -0.378 e. The summed E-state index contributed by atoms with van der Waals surface area (Å²) in [6.45, 7) is 2.79. The highest BCUT2D eigenvalue weighted by Crippen LogP contribution is 2.57. The van der Waals surface area contributed by atoms with Gasteiger partial charge in [0.05, 0.1) is 6.10 Å². The van der Waals surface area contributed by atoms with Crippen LogP contribution in [0.2, 0.25) is 0 Å².